The molecule has 1 aliphatic rings. The number of aryl methyl sites for hydroxylation is 3. The summed E-state index contributed by atoms with van der Waals surface area (Å²) in [4.78, 5) is 17.1. The van der Waals surface area contributed by atoms with E-state index in [9.17, 15) is 13.2 Å². The number of ether oxygens (including phenoxy) is 1. The Morgan fingerprint density at radius 3 is 2.55 bits per heavy atom. The topological polar surface area (TPSA) is 103 Å². The third kappa shape index (κ3) is 4.27. The van der Waals surface area contributed by atoms with Crippen LogP contribution in [0.3, 0.4) is 0 Å². The summed E-state index contributed by atoms with van der Waals surface area (Å²) in [6, 6.07) is 8.25. The molecule has 0 aliphatic heterocycles. The summed E-state index contributed by atoms with van der Waals surface area (Å²) >= 11 is 0. The molecule has 0 radical (unpaired) electrons. The normalized spacial score (nSPS) is 14.8. The van der Waals surface area contributed by atoms with E-state index in [2.05, 4.69) is 15.4 Å². The molecule has 0 unspecified atom stereocenters. The molecule has 0 bridgehead atoms. The van der Waals surface area contributed by atoms with Gasteiger partial charge in [0.05, 0.1) is 15.5 Å². The van der Waals surface area contributed by atoms with Crippen LogP contribution < -0.4 is 10.1 Å². The Hall–Kier alpha value is -2.94. The molecule has 4 rings (SSSR count). The fourth-order valence-electron chi connectivity index (χ4n) is 4.10. The summed E-state index contributed by atoms with van der Waals surface area (Å²) in [5.74, 6) is -0.00131. The SMILES string of the molecule is Cc1cc(C)c2c(OCC(=O)Nc3ccc(S(=O)(=O)C4CCCC4)cc3)nn(C)c2n1. The lowest BCUT2D eigenvalue weighted by Gasteiger charge is -2.12. The van der Waals surface area contributed by atoms with E-state index in [0.29, 0.717) is 22.1 Å². The predicted octanol–water partition coefficient (Wildman–Crippen LogP) is 3.32. The van der Waals surface area contributed by atoms with Gasteiger partial charge in [0, 0.05) is 18.4 Å². The Kier molecular flexibility index (Phi) is 5.70. The Bertz CT molecular complexity index is 1230. The van der Waals surface area contributed by atoms with Gasteiger partial charge in [-0.1, -0.05) is 12.8 Å². The maximum atomic E-state index is 12.7. The number of benzene rings is 1. The number of pyridine rings is 1. The van der Waals surface area contributed by atoms with Gasteiger partial charge >= 0.3 is 0 Å². The average Bonchev–Trinajstić information content (AvgIpc) is 3.36. The Morgan fingerprint density at radius 1 is 1.19 bits per heavy atom. The lowest BCUT2D eigenvalue weighted by Crippen LogP contribution is -2.21. The molecule has 1 aliphatic carbocycles. The molecule has 1 fully saturated rings. The van der Waals surface area contributed by atoms with Crippen LogP contribution in [-0.2, 0) is 21.7 Å². The van der Waals surface area contributed by atoms with Crippen molar-refractivity contribution < 1.29 is 17.9 Å². The highest BCUT2D eigenvalue weighted by Crippen LogP contribution is 2.30. The minimum atomic E-state index is -3.31. The summed E-state index contributed by atoms with van der Waals surface area (Å²) in [6.07, 6.45) is 3.35. The van der Waals surface area contributed by atoms with Gasteiger partial charge in [0.1, 0.15) is 0 Å². The van der Waals surface area contributed by atoms with E-state index < -0.39 is 9.84 Å². The fraction of sp³-hybridized carbons (Fsp3) is 0.409. The number of hydrogen-bond acceptors (Lipinski definition) is 6. The van der Waals surface area contributed by atoms with Crippen molar-refractivity contribution in [2.45, 2.75) is 49.7 Å². The summed E-state index contributed by atoms with van der Waals surface area (Å²) < 4.78 is 32.6. The minimum absolute atomic E-state index is 0.221. The number of carbonyl (C=O) groups is 1. The van der Waals surface area contributed by atoms with Gasteiger partial charge in [0.2, 0.25) is 5.88 Å². The number of fused-ring (bicyclic) bond motifs is 1. The van der Waals surface area contributed by atoms with Gasteiger partial charge in [-0.3, -0.25) is 4.79 Å². The fourth-order valence-corrected chi connectivity index (χ4v) is 5.95. The van der Waals surface area contributed by atoms with Gasteiger partial charge in [-0.05, 0) is 62.6 Å². The number of amides is 1. The second kappa shape index (κ2) is 8.30. The Labute approximate surface area is 181 Å². The first-order valence-electron chi connectivity index (χ1n) is 10.3. The molecular formula is C22H26N4O4S. The number of sulfone groups is 1. The van der Waals surface area contributed by atoms with Gasteiger partial charge in [-0.25, -0.2) is 18.1 Å². The molecule has 2 heterocycles. The first-order valence-corrected chi connectivity index (χ1v) is 11.9. The van der Waals surface area contributed by atoms with Gasteiger partial charge in [0.15, 0.2) is 22.1 Å². The third-order valence-corrected chi connectivity index (χ3v) is 7.91. The highest BCUT2D eigenvalue weighted by Gasteiger charge is 2.30. The molecule has 1 aromatic carbocycles. The average molecular weight is 443 g/mol. The van der Waals surface area contributed by atoms with Crippen molar-refractivity contribution in [3.63, 3.8) is 0 Å². The smallest absolute Gasteiger partial charge is 0.262 e. The standard InChI is InChI=1S/C22H26N4O4S/c1-14-12-15(2)23-21-20(14)22(25-26(21)3)30-13-19(27)24-16-8-10-18(11-9-16)31(28,29)17-6-4-5-7-17/h8-12,17H,4-7,13H2,1-3H3,(H,24,27). The second-order valence-electron chi connectivity index (χ2n) is 8.02. The van der Waals surface area contributed by atoms with E-state index in [1.54, 1.807) is 36.0 Å². The van der Waals surface area contributed by atoms with Crippen LogP contribution in [-0.4, -0.2) is 40.9 Å². The van der Waals surface area contributed by atoms with Crippen molar-refractivity contribution in [2.75, 3.05) is 11.9 Å². The van der Waals surface area contributed by atoms with Crippen LogP contribution in [0.2, 0.25) is 0 Å². The lowest BCUT2D eigenvalue weighted by molar-refractivity contribution is -0.118. The molecule has 164 valence electrons. The van der Waals surface area contributed by atoms with Crippen molar-refractivity contribution in [1.82, 2.24) is 14.8 Å². The zero-order valence-corrected chi connectivity index (χ0v) is 18.7. The third-order valence-electron chi connectivity index (χ3n) is 5.63. The maximum Gasteiger partial charge on any atom is 0.262 e. The van der Waals surface area contributed by atoms with Crippen LogP contribution in [0.4, 0.5) is 5.69 Å². The van der Waals surface area contributed by atoms with E-state index in [1.807, 2.05) is 19.9 Å². The number of rotatable bonds is 6. The Morgan fingerprint density at radius 2 is 1.87 bits per heavy atom. The molecule has 3 aromatic rings. The number of nitrogens with zero attached hydrogens (tertiary/aromatic N) is 3. The number of carbonyl (C=O) groups excluding carboxylic acids is 1. The maximum absolute atomic E-state index is 12.7. The van der Waals surface area contributed by atoms with Crippen LogP contribution in [0.15, 0.2) is 35.2 Å². The van der Waals surface area contributed by atoms with Crippen molar-refractivity contribution in [2.24, 2.45) is 7.05 Å². The molecule has 0 saturated heterocycles. The first kappa shape index (κ1) is 21.3. The molecule has 1 N–H and O–H groups in total. The zero-order valence-electron chi connectivity index (χ0n) is 17.9. The van der Waals surface area contributed by atoms with Gasteiger partial charge in [-0.2, -0.15) is 0 Å². The number of anilines is 1. The van der Waals surface area contributed by atoms with E-state index in [0.717, 1.165) is 42.3 Å². The summed E-state index contributed by atoms with van der Waals surface area (Å²) in [7, 11) is -1.53. The van der Waals surface area contributed by atoms with Crippen molar-refractivity contribution >= 4 is 32.5 Å². The minimum Gasteiger partial charge on any atom is -0.466 e. The van der Waals surface area contributed by atoms with E-state index >= 15 is 0 Å². The van der Waals surface area contributed by atoms with Crippen molar-refractivity contribution in [3.05, 3.63) is 41.6 Å². The monoisotopic (exact) mass is 442 g/mol. The van der Waals surface area contributed by atoms with E-state index in [4.69, 9.17) is 4.74 Å². The summed E-state index contributed by atoms with van der Waals surface area (Å²) in [5, 5.41) is 7.55. The number of hydrogen-bond donors (Lipinski definition) is 1. The molecule has 31 heavy (non-hydrogen) atoms. The first-order chi connectivity index (χ1) is 14.8. The molecule has 8 nitrogen and oxygen atoms in total. The summed E-state index contributed by atoms with van der Waals surface area (Å²) in [6.45, 7) is 3.64. The van der Waals surface area contributed by atoms with E-state index in [1.165, 1.54) is 0 Å². The number of aromatic nitrogens is 3. The van der Waals surface area contributed by atoms with Crippen molar-refractivity contribution in [3.8, 4) is 5.88 Å². The molecule has 0 spiro atoms. The van der Waals surface area contributed by atoms with E-state index in [-0.39, 0.29) is 17.8 Å². The largest absolute Gasteiger partial charge is 0.466 e. The highest BCUT2D eigenvalue weighted by atomic mass is 32.2. The molecule has 9 heteroatoms. The van der Waals surface area contributed by atoms with Crippen molar-refractivity contribution in [1.29, 1.82) is 0 Å². The number of nitrogens with one attached hydrogen (secondary N) is 1. The van der Waals surface area contributed by atoms with Crippen LogP contribution in [0.25, 0.3) is 11.0 Å². The van der Waals surface area contributed by atoms with Gasteiger partial charge in [0.25, 0.3) is 5.91 Å². The molecule has 0 atom stereocenters. The zero-order chi connectivity index (χ0) is 22.2. The second-order valence-corrected chi connectivity index (χ2v) is 10.2. The molecule has 1 saturated carbocycles. The van der Waals surface area contributed by atoms with Gasteiger partial charge in [-0.15, -0.1) is 5.10 Å². The van der Waals surface area contributed by atoms with Crippen LogP contribution >= 0.6 is 0 Å². The predicted molar refractivity (Wildman–Crippen MR) is 118 cm³/mol. The van der Waals surface area contributed by atoms with Gasteiger partial charge < -0.3 is 10.1 Å². The molecule has 1 amide bonds. The van der Waals surface area contributed by atoms with Crippen LogP contribution in [0, 0.1) is 13.8 Å². The Balaban J connectivity index is 1.41. The molecule has 2 aromatic heterocycles. The van der Waals surface area contributed by atoms with Crippen LogP contribution in [0.5, 0.6) is 5.88 Å². The lowest BCUT2D eigenvalue weighted by atomic mass is 10.2. The summed E-state index contributed by atoms with van der Waals surface area (Å²) in [5.41, 5.74) is 3.08. The van der Waals surface area contributed by atoms with Crippen LogP contribution in [0.1, 0.15) is 36.9 Å². The molecular weight excluding hydrogens is 416 g/mol. The highest BCUT2D eigenvalue weighted by molar-refractivity contribution is 7.92. The quantitative estimate of drug-likeness (QED) is 0.628.